The topological polar surface area (TPSA) is 93.5 Å². The molecular weight excluding hydrogens is 192 g/mol. The van der Waals surface area contributed by atoms with Gasteiger partial charge in [-0.2, -0.15) is 4.98 Å². The highest BCUT2D eigenvalue weighted by atomic mass is 32.1. The molecule has 6 nitrogen and oxygen atoms in total. The molecule has 0 fully saturated rings. The van der Waals surface area contributed by atoms with Gasteiger partial charge < -0.3 is 10.8 Å². The number of nitrogens with zero attached hydrogens (tertiary/aromatic N) is 3. The molecule has 0 spiro atoms. The molecular formula is C6H6N4O2S. The predicted molar refractivity (Wildman–Crippen MR) is 46.6 cm³/mol. The first-order valence-corrected chi connectivity index (χ1v) is 4.35. The molecule has 0 aliphatic carbocycles. The summed E-state index contributed by atoms with van der Waals surface area (Å²) in [5.74, 6) is -0.729. The van der Waals surface area contributed by atoms with Gasteiger partial charge in [-0.1, -0.05) is 0 Å². The fourth-order valence-corrected chi connectivity index (χ4v) is 1.85. The van der Waals surface area contributed by atoms with Crippen molar-refractivity contribution in [2.24, 2.45) is 0 Å². The molecule has 0 aliphatic heterocycles. The first-order valence-electron chi connectivity index (χ1n) is 3.47. The number of hydrogen-bond acceptors (Lipinski definition) is 5. The first kappa shape index (κ1) is 7.99. The number of aromatic nitrogens is 3. The molecule has 0 saturated carbocycles. The average Bonchev–Trinajstić information content (AvgIpc) is 2.51. The first-order chi connectivity index (χ1) is 6.16. The van der Waals surface area contributed by atoms with Gasteiger partial charge in [0.15, 0.2) is 0 Å². The summed E-state index contributed by atoms with van der Waals surface area (Å²) < 4.78 is 1.45. The van der Waals surface area contributed by atoms with Crippen LogP contribution in [0.2, 0.25) is 0 Å². The molecule has 0 amide bonds. The number of hydrogen-bond donors (Lipinski definition) is 2. The molecule has 3 N–H and O–H groups in total. The van der Waals surface area contributed by atoms with Crippen LogP contribution in [0, 0.1) is 0 Å². The second-order valence-electron chi connectivity index (χ2n) is 2.46. The lowest BCUT2D eigenvalue weighted by molar-refractivity contribution is -0.136. The summed E-state index contributed by atoms with van der Waals surface area (Å²) in [5, 5.41) is 14.1. The van der Waals surface area contributed by atoms with E-state index >= 15 is 0 Å². The van der Waals surface area contributed by atoms with Crippen molar-refractivity contribution in [1.29, 1.82) is 0 Å². The number of thiazole rings is 1. The van der Waals surface area contributed by atoms with E-state index in [4.69, 9.17) is 10.8 Å². The highest BCUT2D eigenvalue weighted by molar-refractivity contribution is 7.15. The molecule has 7 heteroatoms. The maximum absolute atomic E-state index is 10.4. The molecule has 68 valence electrons. The second kappa shape index (κ2) is 2.70. The minimum atomic E-state index is -0.895. The van der Waals surface area contributed by atoms with E-state index in [0.29, 0.717) is 10.7 Å². The summed E-state index contributed by atoms with van der Waals surface area (Å²) in [7, 11) is 0. The monoisotopic (exact) mass is 198 g/mol. The molecule has 0 saturated heterocycles. The highest BCUT2D eigenvalue weighted by Gasteiger charge is 2.10. The van der Waals surface area contributed by atoms with Crippen molar-refractivity contribution in [3.05, 3.63) is 11.1 Å². The summed E-state index contributed by atoms with van der Waals surface area (Å²) in [6.07, 6.45) is -0.0667. The minimum absolute atomic E-state index is 0.0667. The molecule has 2 heterocycles. The number of nitrogens with two attached hydrogens (primary N) is 1. The van der Waals surface area contributed by atoms with E-state index in [1.54, 1.807) is 5.38 Å². The Kier molecular flexibility index (Phi) is 1.66. The van der Waals surface area contributed by atoms with Gasteiger partial charge in [-0.3, -0.25) is 4.79 Å². The smallest absolute Gasteiger partial charge is 0.309 e. The largest absolute Gasteiger partial charge is 0.481 e. The number of carbonyl (C=O) groups is 1. The molecule has 0 aliphatic rings. The Hall–Kier alpha value is -1.63. The van der Waals surface area contributed by atoms with Crippen molar-refractivity contribution in [2.45, 2.75) is 6.42 Å². The predicted octanol–water partition coefficient (Wildman–Crippen LogP) is 0.0001000. The average molecular weight is 198 g/mol. The van der Waals surface area contributed by atoms with Gasteiger partial charge in [-0.25, -0.2) is 4.52 Å². The van der Waals surface area contributed by atoms with Crippen LogP contribution in [-0.4, -0.2) is 25.7 Å². The van der Waals surface area contributed by atoms with Gasteiger partial charge in [0.25, 0.3) is 0 Å². The van der Waals surface area contributed by atoms with Gasteiger partial charge >= 0.3 is 5.97 Å². The molecule has 0 unspecified atom stereocenters. The van der Waals surface area contributed by atoms with Crippen LogP contribution in [-0.2, 0) is 11.2 Å². The Bertz CT molecular complexity index is 460. The maximum atomic E-state index is 10.4. The molecule has 0 atom stereocenters. The van der Waals surface area contributed by atoms with Gasteiger partial charge in [0.2, 0.25) is 10.9 Å². The number of fused-ring (bicyclic) bond motifs is 1. The van der Waals surface area contributed by atoms with Crippen LogP contribution in [0.1, 0.15) is 5.69 Å². The molecule has 0 aromatic carbocycles. The third-order valence-corrected chi connectivity index (χ3v) is 2.36. The lowest BCUT2D eigenvalue weighted by Gasteiger charge is -1.90. The van der Waals surface area contributed by atoms with Gasteiger partial charge in [-0.15, -0.1) is 16.4 Å². The van der Waals surface area contributed by atoms with E-state index in [0.717, 1.165) is 0 Å². The number of carboxylic acids is 1. The number of anilines is 1. The summed E-state index contributed by atoms with van der Waals surface area (Å²) in [6.45, 7) is 0. The van der Waals surface area contributed by atoms with Crippen molar-refractivity contribution in [3.8, 4) is 0 Å². The molecule has 13 heavy (non-hydrogen) atoms. The maximum Gasteiger partial charge on any atom is 0.309 e. The zero-order valence-corrected chi connectivity index (χ0v) is 7.28. The minimum Gasteiger partial charge on any atom is -0.481 e. The van der Waals surface area contributed by atoms with Gasteiger partial charge in [0.05, 0.1) is 12.1 Å². The lowest BCUT2D eigenvalue weighted by atomic mass is 10.3. The Labute approximate surface area is 76.6 Å². The van der Waals surface area contributed by atoms with Crippen molar-refractivity contribution >= 4 is 28.2 Å². The normalized spacial score (nSPS) is 10.8. The van der Waals surface area contributed by atoms with Gasteiger partial charge in [-0.05, 0) is 0 Å². The van der Waals surface area contributed by atoms with E-state index in [2.05, 4.69) is 10.1 Å². The van der Waals surface area contributed by atoms with E-state index in [-0.39, 0.29) is 12.4 Å². The number of aliphatic carboxylic acids is 1. The highest BCUT2D eigenvalue weighted by Crippen LogP contribution is 2.15. The molecule has 2 rings (SSSR count). The van der Waals surface area contributed by atoms with Crippen LogP contribution in [0.15, 0.2) is 5.38 Å². The van der Waals surface area contributed by atoms with Crippen molar-refractivity contribution in [2.75, 3.05) is 5.73 Å². The lowest BCUT2D eigenvalue weighted by Crippen LogP contribution is -2.03. The molecule has 2 aromatic rings. The van der Waals surface area contributed by atoms with Crippen LogP contribution in [0.5, 0.6) is 0 Å². The Morgan fingerprint density at radius 1 is 1.77 bits per heavy atom. The Morgan fingerprint density at radius 2 is 2.54 bits per heavy atom. The molecule has 0 radical (unpaired) electrons. The zero-order chi connectivity index (χ0) is 9.42. The van der Waals surface area contributed by atoms with Gasteiger partial charge in [0, 0.05) is 5.38 Å². The van der Waals surface area contributed by atoms with E-state index < -0.39 is 5.97 Å². The second-order valence-corrected chi connectivity index (χ2v) is 3.30. The van der Waals surface area contributed by atoms with Crippen LogP contribution < -0.4 is 5.73 Å². The SMILES string of the molecule is Nc1nc2scc(CC(=O)O)n2n1. The third kappa shape index (κ3) is 1.33. The van der Waals surface area contributed by atoms with E-state index in [1.807, 2.05) is 0 Å². The van der Waals surface area contributed by atoms with Crippen LogP contribution in [0.4, 0.5) is 5.95 Å². The molecule has 0 bridgehead atoms. The fourth-order valence-electron chi connectivity index (χ4n) is 1.02. The van der Waals surface area contributed by atoms with Crippen molar-refractivity contribution in [1.82, 2.24) is 14.6 Å². The third-order valence-electron chi connectivity index (χ3n) is 1.50. The van der Waals surface area contributed by atoms with E-state index in [1.165, 1.54) is 15.9 Å². The quantitative estimate of drug-likeness (QED) is 0.708. The Balaban J connectivity index is 2.50. The number of carboxylic acid groups (broad SMARTS) is 1. The van der Waals surface area contributed by atoms with Gasteiger partial charge in [0.1, 0.15) is 0 Å². The number of nitrogen functional groups attached to an aromatic ring is 1. The Morgan fingerprint density at radius 3 is 3.23 bits per heavy atom. The fraction of sp³-hybridized carbons (Fsp3) is 0.167. The van der Waals surface area contributed by atoms with Crippen molar-refractivity contribution < 1.29 is 9.90 Å². The van der Waals surface area contributed by atoms with Crippen LogP contribution >= 0.6 is 11.3 Å². The van der Waals surface area contributed by atoms with Crippen LogP contribution in [0.25, 0.3) is 4.96 Å². The number of rotatable bonds is 2. The van der Waals surface area contributed by atoms with Crippen molar-refractivity contribution in [3.63, 3.8) is 0 Å². The summed E-state index contributed by atoms with van der Waals surface area (Å²) in [6, 6.07) is 0. The standard InChI is InChI=1S/C6H6N4O2S/c7-5-8-6-10(9-5)3(2-13-6)1-4(11)12/h2H,1H2,(H2,7,9)(H,11,12). The molecule has 2 aromatic heterocycles. The summed E-state index contributed by atoms with van der Waals surface area (Å²) in [5.41, 5.74) is 5.95. The zero-order valence-electron chi connectivity index (χ0n) is 6.47. The van der Waals surface area contributed by atoms with Crippen LogP contribution in [0.3, 0.4) is 0 Å². The van der Waals surface area contributed by atoms with E-state index in [9.17, 15) is 4.79 Å². The summed E-state index contributed by atoms with van der Waals surface area (Å²) in [4.78, 5) is 14.9. The summed E-state index contributed by atoms with van der Waals surface area (Å²) >= 11 is 1.32.